The van der Waals surface area contributed by atoms with Crippen LogP contribution in [0.3, 0.4) is 0 Å². The number of hydrogen-bond acceptors (Lipinski definition) is 3. The van der Waals surface area contributed by atoms with Crippen molar-refractivity contribution in [2.75, 3.05) is 13.2 Å². The summed E-state index contributed by atoms with van der Waals surface area (Å²) in [7, 11) is 0. The summed E-state index contributed by atoms with van der Waals surface area (Å²) in [5.41, 5.74) is 0. The first-order valence-corrected chi connectivity index (χ1v) is 5.72. The smallest absolute Gasteiger partial charge is 0.232 e. The summed E-state index contributed by atoms with van der Waals surface area (Å²) in [4.78, 5) is 25.4. The summed E-state index contributed by atoms with van der Waals surface area (Å²) in [6.45, 7) is 1.19. The zero-order valence-electron chi connectivity index (χ0n) is 8.65. The number of carbonyl (C=O) groups excluding carboxylic acids is 2. The van der Waals surface area contributed by atoms with Crippen molar-refractivity contribution in [2.24, 2.45) is 11.8 Å². The monoisotopic (exact) mass is 209 g/mol. The predicted molar refractivity (Wildman–Crippen MR) is 51.9 cm³/mol. The molecule has 2 heterocycles. The summed E-state index contributed by atoms with van der Waals surface area (Å²) in [5, 5.41) is 0. The van der Waals surface area contributed by atoms with E-state index in [1.54, 1.807) is 0 Å². The van der Waals surface area contributed by atoms with Crippen molar-refractivity contribution in [3.63, 3.8) is 0 Å². The summed E-state index contributed by atoms with van der Waals surface area (Å²) >= 11 is 0. The summed E-state index contributed by atoms with van der Waals surface area (Å²) in [6.07, 6.45) is 3.87. The largest absolute Gasteiger partial charge is 0.371 e. The van der Waals surface area contributed by atoms with Crippen molar-refractivity contribution in [1.82, 2.24) is 4.90 Å². The van der Waals surface area contributed by atoms with E-state index in [1.165, 1.54) is 4.90 Å². The Balaban J connectivity index is 1.79. The van der Waals surface area contributed by atoms with Crippen LogP contribution < -0.4 is 0 Å². The Labute approximate surface area is 88.6 Å². The van der Waals surface area contributed by atoms with Gasteiger partial charge in [-0.05, 0) is 19.3 Å². The quantitative estimate of drug-likeness (QED) is 0.493. The number of piperidine rings is 1. The van der Waals surface area contributed by atoms with Crippen LogP contribution in [-0.4, -0.2) is 36.0 Å². The molecule has 3 rings (SSSR count). The molecule has 3 fully saturated rings. The molecule has 2 amide bonds. The van der Waals surface area contributed by atoms with Crippen LogP contribution in [0.15, 0.2) is 0 Å². The zero-order valence-corrected chi connectivity index (χ0v) is 8.65. The molecule has 0 spiro atoms. The van der Waals surface area contributed by atoms with E-state index in [4.69, 9.17) is 4.74 Å². The Morgan fingerprint density at radius 1 is 1.20 bits per heavy atom. The number of rotatable bonds is 2. The fraction of sp³-hybridized carbons (Fsp3) is 0.818. The standard InChI is InChI=1S/C11H15NO3/c13-10-7-2-1-3-8(4-7)11(14)12(10)5-9-6-15-9/h7-9H,1-6H2/t7?,8?,9-/m1/s1. The molecule has 0 aromatic heterocycles. The van der Waals surface area contributed by atoms with Gasteiger partial charge in [0.1, 0.15) is 0 Å². The molecule has 0 aromatic rings. The molecule has 4 nitrogen and oxygen atoms in total. The third-order valence-corrected chi connectivity index (χ3v) is 3.69. The number of nitrogens with zero attached hydrogens (tertiary/aromatic N) is 1. The van der Waals surface area contributed by atoms with E-state index in [9.17, 15) is 9.59 Å². The normalized spacial score (nSPS) is 39.5. The second-order valence-electron chi connectivity index (χ2n) is 4.80. The topological polar surface area (TPSA) is 49.9 Å². The van der Waals surface area contributed by atoms with Gasteiger partial charge >= 0.3 is 0 Å². The Morgan fingerprint density at radius 3 is 2.33 bits per heavy atom. The minimum Gasteiger partial charge on any atom is -0.371 e. The van der Waals surface area contributed by atoms with E-state index in [-0.39, 0.29) is 29.8 Å². The minimum absolute atomic E-state index is 0.0476. The second kappa shape index (κ2) is 3.30. The van der Waals surface area contributed by atoms with Crippen LogP contribution in [0.5, 0.6) is 0 Å². The first-order chi connectivity index (χ1) is 7.25. The van der Waals surface area contributed by atoms with Gasteiger partial charge in [-0.25, -0.2) is 0 Å². The lowest BCUT2D eigenvalue weighted by atomic mass is 9.77. The Bertz CT molecular complexity index is 289. The second-order valence-corrected chi connectivity index (χ2v) is 4.80. The van der Waals surface area contributed by atoms with Gasteiger partial charge < -0.3 is 4.74 Å². The van der Waals surface area contributed by atoms with E-state index < -0.39 is 0 Å². The molecule has 1 saturated carbocycles. The number of imide groups is 1. The van der Waals surface area contributed by atoms with Gasteiger partial charge in [0, 0.05) is 11.8 Å². The number of likely N-dealkylation sites (tertiary alicyclic amines) is 1. The molecule has 0 aromatic carbocycles. The maximum Gasteiger partial charge on any atom is 0.232 e. The highest BCUT2D eigenvalue weighted by molar-refractivity contribution is 6.00. The number of epoxide rings is 1. The van der Waals surface area contributed by atoms with Crippen LogP contribution >= 0.6 is 0 Å². The highest BCUT2D eigenvalue weighted by atomic mass is 16.6. The fourth-order valence-electron chi connectivity index (χ4n) is 2.74. The van der Waals surface area contributed by atoms with Crippen molar-refractivity contribution in [3.05, 3.63) is 0 Å². The molecule has 2 aliphatic heterocycles. The van der Waals surface area contributed by atoms with E-state index in [0.717, 1.165) is 25.7 Å². The number of amides is 2. The number of carbonyl (C=O) groups is 2. The molecule has 0 N–H and O–H groups in total. The highest BCUT2D eigenvalue weighted by Crippen LogP contribution is 2.36. The average Bonchev–Trinajstić information content (AvgIpc) is 3.06. The van der Waals surface area contributed by atoms with E-state index >= 15 is 0 Å². The molecule has 0 radical (unpaired) electrons. The molecule has 2 bridgehead atoms. The molecular formula is C11H15NO3. The predicted octanol–water partition coefficient (Wildman–Crippen LogP) is 0.560. The van der Waals surface area contributed by atoms with Crippen molar-refractivity contribution in [1.29, 1.82) is 0 Å². The summed E-state index contributed by atoms with van der Waals surface area (Å²) in [5.74, 6) is 0.318. The lowest BCUT2D eigenvalue weighted by Gasteiger charge is -2.38. The maximum absolute atomic E-state index is 12.0. The van der Waals surface area contributed by atoms with Crippen LogP contribution in [0.4, 0.5) is 0 Å². The SMILES string of the molecule is O=C1C2CCCC(C2)C(=O)N1C[C@@H]1CO1. The molecule has 2 saturated heterocycles. The molecule has 4 heteroatoms. The van der Waals surface area contributed by atoms with Crippen molar-refractivity contribution >= 4 is 11.8 Å². The van der Waals surface area contributed by atoms with Crippen molar-refractivity contribution in [3.8, 4) is 0 Å². The average molecular weight is 209 g/mol. The first-order valence-electron chi connectivity index (χ1n) is 5.72. The lowest BCUT2D eigenvalue weighted by Crippen LogP contribution is -2.52. The summed E-state index contributed by atoms with van der Waals surface area (Å²) < 4.78 is 5.08. The Kier molecular flexibility index (Phi) is 2.06. The van der Waals surface area contributed by atoms with Gasteiger partial charge in [0.05, 0.1) is 19.3 Å². The Morgan fingerprint density at radius 2 is 1.80 bits per heavy atom. The molecular weight excluding hydrogens is 194 g/mol. The van der Waals surface area contributed by atoms with Gasteiger partial charge in [-0.1, -0.05) is 6.42 Å². The Hall–Kier alpha value is -0.900. The molecule has 2 unspecified atom stereocenters. The zero-order chi connectivity index (χ0) is 10.4. The van der Waals surface area contributed by atoms with Gasteiger partial charge in [-0.2, -0.15) is 0 Å². The number of hydrogen-bond donors (Lipinski definition) is 0. The molecule has 3 aliphatic rings. The van der Waals surface area contributed by atoms with Crippen LogP contribution in [0, 0.1) is 11.8 Å². The van der Waals surface area contributed by atoms with Crippen LogP contribution in [0.1, 0.15) is 25.7 Å². The van der Waals surface area contributed by atoms with E-state index in [1.807, 2.05) is 0 Å². The lowest BCUT2D eigenvalue weighted by molar-refractivity contribution is -0.158. The third-order valence-electron chi connectivity index (χ3n) is 3.69. The van der Waals surface area contributed by atoms with Gasteiger partial charge in [-0.3, -0.25) is 14.5 Å². The molecule has 1 aliphatic carbocycles. The van der Waals surface area contributed by atoms with Crippen LogP contribution in [0.25, 0.3) is 0 Å². The molecule has 3 atom stereocenters. The van der Waals surface area contributed by atoms with E-state index in [2.05, 4.69) is 0 Å². The van der Waals surface area contributed by atoms with Crippen LogP contribution in [0.2, 0.25) is 0 Å². The number of ether oxygens (including phenoxy) is 1. The van der Waals surface area contributed by atoms with Crippen LogP contribution in [-0.2, 0) is 14.3 Å². The third kappa shape index (κ3) is 1.57. The van der Waals surface area contributed by atoms with Crippen molar-refractivity contribution in [2.45, 2.75) is 31.8 Å². The number of fused-ring (bicyclic) bond motifs is 2. The molecule has 15 heavy (non-hydrogen) atoms. The minimum atomic E-state index is 0.0476. The highest BCUT2D eigenvalue weighted by Gasteiger charge is 2.44. The maximum atomic E-state index is 12.0. The van der Waals surface area contributed by atoms with Gasteiger partial charge in [0.2, 0.25) is 11.8 Å². The van der Waals surface area contributed by atoms with Gasteiger partial charge in [0.15, 0.2) is 0 Å². The van der Waals surface area contributed by atoms with E-state index in [0.29, 0.717) is 13.2 Å². The summed E-state index contributed by atoms with van der Waals surface area (Å²) in [6, 6.07) is 0. The van der Waals surface area contributed by atoms with Gasteiger partial charge in [-0.15, -0.1) is 0 Å². The molecule has 82 valence electrons. The van der Waals surface area contributed by atoms with Crippen molar-refractivity contribution < 1.29 is 14.3 Å². The van der Waals surface area contributed by atoms with Gasteiger partial charge in [0.25, 0.3) is 0 Å². The first kappa shape index (κ1) is 9.33. The fourth-order valence-corrected chi connectivity index (χ4v) is 2.74.